The van der Waals surface area contributed by atoms with E-state index in [-0.39, 0.29) is 6.42 Å². The molecule has 0 N–H and O–H groups in total. The quantitative estimate of drug-likeness (QED) is 0.544. The first-order chi connectivity index (χ1) is 9.81. The van der Waals surface area contributed by atoms with Crippen molar-refractivity contribution in [1.82, 2.24) is 0 Å². The molecule has 0 aliphatic rings. The van der Waals surface area contributed by atoms with Crippen molar-refractivity contribution < 1.29 is 8.78 Å². The van der Waals surface area contributed by atoms with Gasteiger partial charge < -0.3 is 0 Å². The molecular weight excluding hydrogens is 268 g/mol. The summed E-state index contributed by atoms with van der Waals surface area (Å²) >= 11 is 0. The SMILES string of the molecule is CC/C=C(\N=C(/C)CCCC(C)(F)F)c1ccc(C)cc1. The van der Waals surface area contributed by atoms with Gasteiger partial charge in [-0.15, -0.1) is 0 Å². The highest BCUT2D eigenvalue weighted by Crippen LogP contribution is 2.21. The second-order valence-electron chi connectivity index (χ2n) is 5.63. The van der Waals surface area contributed by atoms with Crippen LogP contribution in [-0.4, -0.2) is 11.6 Å². The third-order valence-corrected chi connectivity index (χ3v) is 3.21. The number of hydrogen-bond donors (Lipinski definition) is 0. The summed E-state index contributed by atoms with van der Waals surface area (Å²) < 4.78 is 25.6. The fourth-order valence-corrected chi connectivity index (χ4v) is 2.06. The minimum absolute atomic E-state index is 0.0861. The van der Waals surface area contributed by atoms with Crippen LogP contribution in [0.25, 0.3) is 5.70 Å². The molecule has 0 aromatic heterocycles. The van der Waals surface area contributed by atoms with E-state index in [1.807, 2.05) is 26.0 Å². The lowest BCUT2D eigenvalue weighted by Crippen LogP contribution is -2.09. The van der Waals surface area contributed by atoms with Crippen molar-refractivity contribution in [2.24, 2.45) is 4.99 Å². The molecule has 1 aromatic carbocycles. The maximum absolute atomic E-state index is 12.8. The van der Waals surface area contributed by atoms with Crippen molar-refractivity contribution in [2.75, 3.05) is 0 Å². The van der Waals surface area contributed by atoms with Gasteiger partial charge in [-0.3, -0.25) is 4.99 Å². The summed E-state index contributed by atoms with van der Waals surface area (Å²) in [4.78, 5) is 4.62. The normalized spacial score (nSPS) is 13.6. The van der Waals surface area contributed by atoms with Crippen LogP contribution >= 0.6 is 0 Å². The van der Waals surface area contributed by atoms with Gasteiger partial charge in [0.1, 0.15) is 0 Å². The lowest BCUT2D eigenvalue weighted by atomic mass is 10.1. The van der Waals surface area contributed by atoms with E-state index < -0.39 is 5.92 Å². The summed E-state index contributed by atoms with van der Waals surface area (Å²) in [6, 6.07) is 8.21. The van der Waals surface area contributed by atoms with Gasteiger partial charge >= 0.3 is 0 Å². The Kier molecular flexibility index (Phi) is 6.73. The van der Waals surface area contributed by atoms with E-state index in [0.29, 0.717) is 12.8 Å². The lowest BCUT2D eigenvalue weighted by molar-refractivity contribution is 0.0115. The predicted molar refractivity (Wildman–Crippen MR) is 87.0 cm³/mol. The molecule has 116 valence electrons. The molecule has 0 amide bonds. The molecule has 1 aromatic rings. The monoisotopic (exact) mass is 293 g/mol. The zero-order chi connectivity index (χ0) is 15.9. The smallest absolute Gasteiger partial charge is 0.245 e. The summed E-state index contributed by atoms with van der Waals surface area (Å²) in [6.45, 7) is 6.99. The van der Waals surface area contributed by atoms with E-state index in [1.54, 1.807) is 0 Å². The van der Waals surface area contributed by atoms with Crippen LogP contribution in [0.15, 0.2) is 35.3 Å². The van der Waals surface area contributed by atoms with Crippen molar-refractivity contribution >= 4 is 11.4 Å². The van der Waals surface area contributed by atoms with Gasteiger partial charge in [0.15, 0.2) is 0 Å². The van der Waals surface area contributed by atoms with Crippen LogP contribution in [-0.2, 0) is 0 Å². The molecule has 0 saturated carbocycles. The molecule has 0 atom stereocenters. The molecule has 0 unspecified atom stereocenters. The summed E-state index contributed by atoms with van der Waals surface area (Å²) in [6.07, 6.45) is 3.95. The first kappa shape index (κ1) is 17.5. The van der Waals surface area contributed by atoms with E-state index in [4.69, 9.17) is 0 Å². The third kappa shape index (κ3) is 7.16. The molecule has 0 heterocycles. The Hall–Kier alpha value is -1.51. The predicted octanol–water partition coefficient (Wildman–Crippen LogP) is 6.03. The Morgan fingerprint density at radius 3 is 2.38 bits per heavy atom. The maximum Gasteiger partial charge on any atom is 0.245 e. The second kappa shape index (κ2) is 8.06. The highest BCUT2D eigenvalue weighted by molar-refractivity contribution is 5.88. The Morgan fingerprint density at radius 2 is 1.86 bits per heavy atom. The highest BCUT2D eigenvalue weighted by Gasteiger charge is 2.19. The van der Waals surface area contributed by atoms with Crippen LogP contribution in [0, 0.1) is 6.92 Å². The molecule has 3 heteroatoms. The van der Waals surface area contributed by atoms with E-state index >= 15 is 0 Å². The topological polar surface area (TPSA) is 12.4 Å². The van der Waals surface area contributed by atoms with Gasteiger partial charge in [0.05, 0.1) is 5.70 Å². The summed E-state index contributed by atoms with van der Waals surface area (Å²) in [5.41, 5.74) is 4.11. The van der Waals surface area contributed by atoms with Crippen LogP contribution in [0.4, 0.5) is 8.78 Å². The highest BCUT2D eigenvalue weighted by atomic mass is 19.3. The van der Waals surface area contributed by atoms with Crippen molar-refractivity contribution in [1.29, 1.82) is 0 Å². The number of rotatable bonds is 7. The van der Waals surface area contributed by atoms with Crippen LogP contribution in [0.5, 0.6) is 0 Å². The van der Waals surface area contributed by atoms with Gasteiger partial charge in [0, 0.05) is 12.1 Å². The van der Waals surface area contributed by atoms with E-state index in [2.05, 4.69) is 30.1 Å². The number of halogens is 2. The molecule has 0 radical (unpaired) electrons. The summed E-state index contributed by atoms with van der Waals surface area (Å²) in [5, 5.41) is 0. The number of benzene rings is 1. The van der Waals surface area contributed by atoms with Crippen LogP contribution < -0.4 is 0 Å². The number of alkyl halides is 2. The fraction of sp³-hybridized carbons (Fsp3) is 0.500. The van der Waals surface area contributed by atoms with Gasteiger partial charge in [0.25, 0.3) is 0 Å². The summed E-state index contributed by atoms with van der Waals surface area (Å²) in [5.74, 6) is -2.58. The van der Waals surface area contributed by atoms with Gasteiger partial charge in [-0.1, -0.05) is 42.8 Å². The average Bonchev–Trinajstić information content (AvgIpc) is 2.37. The molecule has 0 aliphatic heterocycles. The fourth-order valence-electron chi connectivity index (χ4n) is 2.06. The van der Waals surface area contributed by atoms with Crippen molar-refractivity contribution in [3.8, 4) is 0 Å². The molecule has 0 bridgehead atoms. The molecule has 21 heavy (non-hydrogen) atoms. The Labute approximate surface area is 126 Å². The number of aryl methyl sites for hydroxylation is 1. The zero-order valence-corrected chi connectivity index (χ0v) is 13.4. The van der Waals surface area contributed by atoms with Crippen LogP contribution in [0.2, 0.25) is 0 Å². The Morgan fingerprint density at radius 1 is 1.24 bits per heavy atom. The van der Waals surface area contributed by atoms with Crippen molar-refractivity contribution in [3.63, 3.8) is 0 Å². The molecule has 1 nitrogen and oxygen atoms in total. The van der Waals surface area contributed by atoms with E-state index in [0.717, 1.165) is 30.3 Å². The van der Waals surface area contributed by atoms with Crippen LogP contribution in [0.3, 0.4) is 0 Å². The molecule has 0 fully saturated rings. The van der Waals surface area contributed by atoms with E-state index in [9.17, 15) is 8.78 Å². The first-order valence-corrected chi connectivity index (χ1v) is 7.51. The molecule has 0 aliphatic carbocycles. The lowest BCUT2D eigenvalue weighted by Gasteiger charge is -2.10. The minimum atomic E-state index is -2.58. The number of allylic oxidation sites excluding steroid dienone is 1. The maximum atomic E-state index is 12.8. The Bertz CT molecular complexity index is 493. The van der Waals surface area contributed by atoms with Crippen molar-refractivity contribution in [3.05, 3.63) is 41.5 Å². The Balaban J connectivity index is 2.75. The number of nitrogens with zero attached hydrogens (tertiary/aromatic N) is 1. The number of hydrogen-bond acceptors (Lipinski definition) is 1. The van der Waals surface area contributed by atoms with Gasteiger partial charge in [-0.05, 0) is 45.6 Å². The van der Waals surface area contributed by atoms with Crippen LogP contribution in [0.1, 0.15) is 57.6 Å². The van der Waals surface area contributed by atoms with Gasteiger partial charge in [-0.25, -0.2) is 8.78 Å². The van der Waals surface area contributed by atoms with E-state index in [1.165, 1.54) is 5.56 Å². The molecule has 0 saturated heterocycles. The van der Waals surface area contributed by atoms with Gasteiger partial charge in [-0.2, -0.15) is 0 Å². The average molecular weight is 293 g/mol. The van der Waals surface area contributed by atoms with Gasteiger partial charge in [0.2, 0.25) is 5.92 Å². The first-order valence-electron chi connectivity index (χ1n) is 7.51. The molecule has 0 spiro atoms. The minimum Gasteiger partial charge on any atom is -0.258 e. The zero-order valence-electron chi connectivity index (χ0n) is 13.4. The molecular formula is C18H25F2N. The third-order valence-electron chi connectivity index (χ3n) is 3.21. The largest absolute Gasteiger partial charge is 0.258 e. The number of aliphatic imine (C=N–C) groups is 1. The standard InChI is InChI=1S/C18H25F2N/c1-5-7-17(16-11-9-14(2)10-12-16)21-15(3)8-6-13-18(4,19)20/h7,9-12H,5-6,8,13H2,1-4H3/b17-7-,21-15+. The molecule has 1 rings (SSSR count). The summed E-state index contributed by atoms with van der Waals surface area (Å²) in [7, 11) is 0. The van der Waals surface area contributed by atoms with Crippen molar-refractivity contribution in [2.45, 2.75) is 59.3 Å². The second-order valence-corrected chi connectivity index (χ2v) is 5.63.